The number of halogens is 2. The van der Waals surface area contributed by atoms with Gasteiger partial charge in [-0.15, -0.1) is 0 Å². The monoisotopic (exact) mass is 205 g/mol. The molecule has 0 bridgehead atoms. The highest BCUT2D eigenvalue weighted by molar-refractivity contribution is 6.30. The van der Waals surface area contributed by atoms with Gasteiger partial charge in [-0.25, -0.2) is 4.39 Å². The van der Waals surface area contributed by atoms with Crippen LogP contribution in [0.2, 0.25) is 5.02 Å². The van der Waals surface area contributed by atoms with Crippen molar-refractivity contribution in [3.63, 3.8) is 0 Å². The summed E-state index contributed by atoms with van der Waals surface area (Å²) in [4.78, 5) is 3.67. The molecule has 0 saturated carbocycles. The second-order valence-corrected chi connectivity index (χ2v) is 2.16. The van der Waals surface area contributed by atoms with Crippen LogP contribution in [0.25, 0.3) is 0 Å². The molecule has 0 amide bonds. The van der Waals surface area contributed by atoms with Gasteiger partial charge in [0, 0.05) is 6.20 Å². The van der Waals surface area contributed by atoms with E-state index in [1.807, 2.05) is 27.7 Å². The fourth-order valence-corrected chi connectivity index (χ4v) is 0.628. The molecule has 0 saturated heterocycles. The minimum atomic E-state index is -0.359. The molecule has 13 heavy (non-hydrogen) atoms. The summed E-state index contributed by atoms with van der Waals surface area (Å²) in [6.45, 7) is 9.59. The summed E-state index contributed by atoms with van der Waals surface area (Å²) < 4.78 is 12.4. The van der Waals surface area contributed by atoms with Crippen molar-refractivity contribution in [3.05, 3.63) is 28.8 Å². The topological polar surface area (TPSA) is 12.9 Å². The Morgan fingerprint density at radius 3 is 2.00 bits per heavy atom. The fourth-order valence-electron chi connectivity index (χ4n) is 0.483. The summed E-state index contributed by atoms with van der Waals surface area (Å²) in [6, 6.07) is 1.24. The molecule has 0 atom stereocenters. The highest BCUT2D eigenvalue weighted by atomic mass is 35.5. The van der Waals surface area contributed by atoms with Gasteiger partial charge >= 0.3 is 0 Å². The van der Waals surface area contributed by atoms with Gasteiger partial charge in [-0.2, -0.15) is 0 Å². The molecule has 3 heteroatoms. The van der Waals surface area contributed by atoms with Crippen molar-refractivity contribution in [2.24, 2.45) is 0 Å². The zero-order valence-corrected chi connectivity index (χ0v) is 9.61. The molecule has 0 radical (unpaired) electrons. The van der Waals surface area contributed by atoms with E-state index in [0.717, 1.165) is 0 Å². The third-order valence-electron chi connectivity index (χ3n) is 0.992. The van der Waals surface area contributed by atoms with Crippen LogP contribution < -0.4 is 0 Å². The Morgan fingerprint density at radius 1 is 1.23 bits per heavy atom. The van der Waals surface area contributed by atoms with E-state index in [-0.39, 0.29) is 5.82 Å². The lowest BCUT2D eigenvalue weighted by Crippen LogP contribution is -1.84. The Hall–Kier alpha value is -0.630. The van der Waals surface area contributed by atoms with E-state index in [1.54, 1.807) is 6.92 Å². The van der Waals surface area contributed by atoms with Crippen molar-refractivity contribution >= 4 is 11.6 Å². The first kappa shape index (κ1) is 14.9. The Balaban J connectivity index is 0. The molecule has 0 aliphatic heterocycles. The number of aryl methyl sites for hydroxylation is 1. The number of hydrogen-bond donors (Lipinski definition) is 0. The van der Waals surface area contributed by atoms with Crippen LogP contribution in [0.1, 0.15) is 33.4 Å². The predicted molar refractivity (Wildman–Crippen MR) is 56.6 cm³/mol. The summed E-state index contributed by atoms with van der Waals surface area (Å²) in [5, 5.41) is 0.332. The van der Waals surface area contributed by atoms with Crippen molar-refractivity contribution in [3.8, 4) is 0 Å². The molecule has 0 spiro atoms. The highest BCUT2D eigenvalue weighted by Crippen LogP contribution is 2.09. The van der Waals surface area contributed by atoms with Gasteiger partial charge < -0.3 is 0 Å². The maximum absolute atomic E-state index is 12.4. The van der Waals surface area contributed by atoms with E-state index < -0.39 is 0 Å². The van der Waals surface area contributed by atoms with Gasteiger partial charge in [0.25, 0.3) is 0 Å². The standard InChI is InChI=1S/C6H5ClFN.2C2H6/c1-4-6(8)2-5(7)3-9-4;2*1-2/h2-3H,1H3;2*1-2H3. The summed E-state index contributed by atoms with van der Waals surface area (Å²) in [5.74, 6) is -0.359. The van der Waals surface area contributed by atoms with Crippen LogP contribution in [0.5, 0.6) is 0 Å². The molecular weight excluding hydrogens is 189 g/mol. The minimum absolute atomic E-state index is 0.332. The first-order chi connectivity index (χ1) is 6.20. The molecule has 0 aliphatic carbocycles. The lowest BCUT2D eigenvalue weighted by molar-refractivity contribution is 0.610. The molecule has 1 aromatic heterocycles. The maximum Gasteiger partial charge on any atom is 0.145 e. The molecule has 0 unspecified atom stereocenters. The van der Waals surface area contributed by atoms with Crippen LogP contribution in [0.4, 0.5) is 4.39 Å². The average Bonchev–Trinajstić information content (AvgIpc) is 2.18. The van der Waals surface area contributed by atoms with Crippen LogP contribution >= 0.6 is 11.6 Å². The third kappa shape index (κ3) is 6.52. The summed E-state index contributed by atoms with van der Waals surface area (Å²) in [6.07, 6.45) is 1.42. The molecule has 1 heterocycles. The van der Waals surface area contributed by atoms with E-state index in [2.05, 4.69) is 4.98 Å². The Bertz CT molecular complexity index is 226. The largest absolute Gasteiger partial charge is 0.257 e. The van der Waals surface area contributed by atoms with Gasteiger partial charge in [0.2, 0.25) is 0 Å². The average molecular weight is 206 g/mol. The summed E-state index contributed by atoms with van der Waals surface area (Å²) >= 11 is 5.41. The number of rotatable bonds is 0. The van der Waals surface area contributed by atoms with E-state index in [1.165, 1.54) is 12.3 Å². The second-order valence-electron chi connectivity index (χ2n) is 1.72. The quantitative estimate of drug-likeness (QED) is 0.618. The Morgan fingerprint density at radius 2 is 1.69 bits per heavy atom. The summed E-state index contributed by atoms with van der Waals surface area (Å²) in [7, 11) is 0. The van der Waals surface area contributed by atoms with Crippen LogP contribution in [-0.2, 0) is 0 Å². The SMILES string of the molecule is CC.CC.Cc1ncc(Cl)cc1F. The van der Waals surface area contributed by atoms with Crippen LogP contribution in [0.15, 0.2) is 12.3 Å². The predicted octanol–water partition coefficient (Wildman–Crippen LogP) is 4.23. The van der Waals surface area contributed by atoms with Crippen molar-refractivity contribution in [2.45, 2.75) is 34.6 Å². The molecular formula is C10H17ClFN. The number of nitrogens with zero attached hydrogens (tertiary/aromatic N) is 1. The molecule has 1 aromatic rings. The lowest BCUT2D eigenvalue weighted by Gasteiger charge is -1.92. The van der Waals surface area contributed by atoms with Gasteiger partial charge in [-0.3, -0.25) is 4.98 Å². The lowest BCUT2D eigenvalue weighted by atomic mass is 10.4. The van der Waals surface area contributed by atoms with Crippen molar-refractivity contribution in [1.82, 2.24) is 4.98 Å². The van der Waals surface area contributed by atoms with E-state index in [9.17, 15) is 4.39 Å². The first-order valence-corrected chi connectivity index (χ1v) is 4.85. The molecule has 0 N–H and O–H groups in total. The fraction of sp³-hybridized carbons (Fsp3) is 0.500. The first-order valence-electron chi connectivity index (χ1n) is 4.48. The van der Waals surface area contributed by atoms with E-state index in [4.69, 9.17) is 11.6 Å². The number of aromatic nitrogens is 1. The third-order valence-corrected chi connectivity index (χ3v) is 1.20. The normalized spacial score (nSPS) is 7.62. The maximum atomic E-state index is 12.4. The summed E-state index contributed by atoms with van der Waals surface area (Å²) in [5.41, 5.74) is 0.374. The zero-order valence-electron chi connectivity index (χ0n) is 8.86. The Kier molecular flexibility index (Phi) is 10.8. The number of hydrogen-bond acceptors (Lipinski definition) is 1. The molecule has 1 rings (SSSR count). The van der Waals surface area contributed by atoms with Crippen LogP contribution in [-0.4, -0.2) is 4.98 Å². The van der Waals surface area contributed by atoms with Gasteiger partial charge in [0.15, 0.2) is 0 Å². The van der Waals surface area contributed by atoms with Crippen molar-refractivity contribution in [1.29, 1.82) is 0 Å². The van der Waals surface area contributed by atoms with Crippen LogP contribution in [0, 0.1) is 12.7 Å². The molecule has 0 aromatic carbocycles. The minimum Gasteiger partial charge on any atom is -0.257 e. The smallest absolute Gasteiger partial charge is 0.145 e. The van der Waals surface area contributed by atoms with Crippen LogP contribution in [0.3, 0.4) is 0 Å². The van der Waals surface area contributed by atoms with Gasteiger partial charge in [0.05, 0.1) is 10.7 Å². The molecule has 76 valence electrons. The second kappa shape index (κ2) is 9.46. The van der Waals surface area contributed by atoms with Crippen molar-refractivity contribution < 1.29 is 4.39 Å². The van der Waals surface area contributed by atoms with Crippen molar-refractivity contribution in [2.75, 3.05) is 0 Å². The molecule has 0 aliphatic rings. The van der Waals surface area contributed by atoms with E-state index in [0.29, 0.717) is 10.7 Å². The Labute approximate surface area is 85.0 Å². The molecule has 0 fully saturated rings. The highest BCUT2D eigenvalue weighted by Gasteiger charge is 1.96. The zero-order chi connectivity index (χ0) is 10.9. The van der Waals surface area contributed by atoms with E-state index >= 15 is 0 Å². The van der Waals surface area contributed by atoms with Gasteiger partial charge in [-0.05, 0) is 13.0 Å². The van der Waals surface area contributed by atoms with Gasteiger partial charge in [0.1, 0.15) is 5.82 Å². The molecule has 1 nitrogen and oxygen atoms in total. The number of pyridine rings is 1. The van der Waals surface area contributed by atoms with Gasteiger partial charge in [-0.1, -0.05) is 39.3 Å².